The fraction of sp³-hybridized carbons (Fsp3) is 0.500. The maximum atomic E-state index is 6.15. The predicted octanol–water partition coefficient (Wildman–Crippen LogP) is 3.12. The normalized spacial score (nSPS) is 12.5. The Morgan fingerprint density at radius 1 is 1.42 bits per heavy atom. The Hall–Kier alpha value is -0.840. The summed E-state index contributed by atoms with van der Waals surface area (Å²) in [5.41, 5.74) is 7.37. The van der Waals surface area contributed by atoms with Gasteiger partial charge in [-0.3, -0.25) is 0 Å². The van der Waals surface area contributed by atoms with Crippen LogP contribution in [0, 0.1) is 0 Å². The minimum Gasteiger partial charge on any atom is -0.389 e. The first-order valence-electron chi connectivity index (χ1n) is 6.56. The molecule has 1 atom stereocenters. The molecule has 1 unspecified atom stereocenters. The van der Waals surface area contributed by atoms with Gasteiger partial charge >= 0.3 is 0 Å². The zero-order valence-electron chi connectivity index (χ0n) is 11.7. The van der Waals surface area contributed by atoms with Gasteiger partial charge in [0.15, 0.2) is 0 Å². The fourth-order valence-corrected chi connectivity index (χ4v) is 2.63. The van der Waals surface area contributed by atoms with E-state index in [1.807, 2.05) is 12.1 Å². The summed E-state index contributed by atoms with van der Waals surface area (Å²) in [7, 11) is 0. The Kier molecular flexibility index (Phi) is 6.55. The molecular weight excluding hydrogens is 278 g/mol. The third-order valence-electron chi connectivity index (χ3n) is 3.09. The number of benzene rings is 1. The maximum absolute atomic E-state index is 6.15. The van der Waals surface area contributed by atoms with Gasteiger partial charge in [0.1, 0.15) is 4.99 Å². The standard InChI is InChI=1S/C14H22ClN3S/c1-4-18(5-2)9-10(3)17-12-8-6-7-11(15)13(12)14(16)19/h6-8,10,17H,4-5,9H2,1-3H3,(H2,16,19). The van der Waals surface area contributed by atoms with E-state index in [9.17, 15) is 0 Å². The van der Waals surface area contributed by atoms with Crippen molar-refractivity contribution >= 4 is 34.5 Å². The van der Waals surface area contributed by atoms with Gasteiger partial charge in [0, 0.05) is 18.3 Å². The molecule has 1 rings (SSSR count). The lowest BCUT2D eigenvalue weighted by Crippen LogP contribution is -2.35. The second-order valence-electron chi connectivity index (χ2n) is 4.56. The first kappa shape index (κ1) is 16.2. The van der Waals surface area contributed by atoms with E-state index in [1.165, 1.54) is 0 Å². The number of nitrogens with two attached hydrogens (primary N) is 1. The Morgan fingerprint density at radius 3 is 2.58 bits per heavy atom. The van der Waals surface area contributed by atoms with E-state index in [2.05, 4.69) is 31.0 Å². The molecule has 0 bridgehead atoms. The SMILES string of the molecule is CCN(CC)CC(C)Nc1cccc(Cl)c1C(N)=S. The summed E-state index contributed by atoms with van der Waals surface area (Å²) < 4.78 is 0. The molecule has 0 aromatic heterocycles. The average Bonchev–Trinajstić information content (AvgIpc) is 2.35. The number of thiocarbonyl (C=S) groups is 1. The van der Waals surface area contributed by atoms with E-state index >= 15 is 0 Å². The van der Waals surface area contributed by atoms with Crippen molar-refractivity contribution in [2.24, 2.45) is 5.73 Å². The van der Waals surface area contributed by atoms with Gasteiger partial charge < -0.3 is 16.0 Å². The van der Waals surface area contributed by atoms with Gasteiger partial charge in [-0.1, -0.05) is 43.7 Å². The van der Waals surface area contributed by atoms with Crippen LogP contribution < -0.4 is 11.1 Å². The van der Waals surface area contributed by atoms with E-state index in [1.54, 1.807) is 6.07 Å². The number of halogens is 1. The molecule has 0 saturated carbocycles. The molecule has 0 fully saturated rings. The second kappa shape index (κ2) is 7.68. The molecule has 106 valence electrons. The molecular formula is C14H22ClN3S. The van der Waals surface area contributed by atoms with Crippen molar-refractivity contribution in [2.75, 3.05) is 25.0 Å². The lowest BCUT2D eigenvalue weighted by atomic mass is 10.1. The topological polar surface area (TPSA) is 41.3 Å². The van der Waals surface area contributed by atoms with Crippen molar-refractivity contribution < 1.29 is 0 Å². The maximum Gasteiger partial charge on any atom is 0.107 e. The molecule has 5 heteroatoms. The van der Waals surface area contributed by atoms with Crippen LogP contribution in [0.25, 0.3) is 0 Å². The number of nitrogens with one attached hydrogen (secondary N) is 1. The molecule has 3 nitrogen and oxygen atoms in total. The first-order chi connectivity index (χ1) is 8.99. The summed E-state index contributed by atoms with van der Waals surface area (Å²) in [6.07, 6.45) is 0. The monoisotopic (exact) mass is 299 g/mol. The van der Waals surface area contributed by atoms with Crippen LogP contribution in [0.3, 0.4) is 0 Å². The minimum absolute atomic E-state index is 0.298. The molecule has 0 heterocycles. The summed E-state index contributed by atoms with van der Waals surface area (Å²) in [5.74, 6) is 0. The highest BCUT2D eigenvalue weighted by atomic mass is 35.5. The van der Waals surface area contributed by atoms with E-state index < -0.39 is 0 Å². The molecule has 3 N–H and O–H groups in total. The molecule has 0 saturated heterocycles. The summed E-state index contributed by atoms with van der Waals surface area (Å²) >= 11 is 11.2. The first-order valence-corrected chi connectivity index (χ1v) is 7.35. The van der Waals surface area contributed by atoms with Crippen molar-refractivity contribution in [1.82, 2.24) is 4.90 Å². The number of anilines is 1. The summed E-state index contributed by atoms with van der Waals surface area (Å²) in [5, 5.41) is 4.03. The highest BCUT2D eigenvalue weighted by Gasteiger charge is 2.13. The van der Waals surface area contributed by atoms with Crippen LogP contribution in [0.5, 0.6) is 0 Å². The third kappa shape index (κ3) is 4.64. The predicted molar refractivity (Wildman–Crippen MR) is 88.2 cm³/mol. The second-order valence-corrected chi connectivity index (χ2v) is 5.40. The summed E-state index contributed by atoms with van der Waals surface area (Å²) in [4.78, 5) is 2.69. The summed E-state index contributed by atoms with van der Waals surface area (Å²) in [6, 6.07) is 5.96. The molecule has 1 aromatic carbocycles. The Balaban J connectivity index is 2.82. The molecule has 19 heavy (non-hydrogen) atoms. The minimum atomic E-state index is 0.298. The zero-order valence-corrected chi connectivity index (χ0v) is 13.3. The van der Waals surface area contributed by atoms with Crippen molar-refractivity contribution in [3.63, 3.8) is 0 Å². The number of likely N-dealkylation sites (N-methyl/N-ethyl adjacent to an activating group) is 1. The molecule has 0 aliphatic carbocycles. The lowest BCUT2D eigenvalue weighted by molar-refractivity contribution is 0.295. The lowest BCUT2D eigenvalue weighted by Gasteiger charge is -2.25. The third-order valence-corrected chi connectivity index (χ3v) is 3.61. The van der Waals surface area contributed by atoms with Crippen molar-refractivity contribution in [2.45, 2.75) is 26.8 Å². The zero-order chi connectivity index (χ0) is 14.4. The molecule has 0 aliphatic rings. The van der Waals surface area contributed by atoms with Crippen molar-refractivity contribution in [3.8, 4) is 0 Å². The van der Waals surface area contributed by atoms with Crippen LogP contribution in [-0.2, 0) is 0 Å². The van der Waals surface area contributed by atoms with Crippen LogP contribution in [0.4, 0.5) is 5.69 Å². The van der Waals surface area contributed by atoms with Gasteiger partial charge in [0.25, 0.3) is 0 Å². The van der Waals surface area contributed by atoms with Crippen LogP contribution >= 0.6 is 23.8 Å². The van der Waals surface area contributed by atoms with E-state index in [-0.39, 0.29) is 0 Å². The molecule has 0 aliphatic heterocycles. The van der Waals surface area contributed by atoms with Crippen LogP contribution in [0.15, 0.2) is 18.2 Å². The smallest absolute Gasteiger partial charge is 0.107 e. The molecule has 0 amide bonds. The molecule has 0 radical (unpaired) electrons. The molecule has 1 aromatic rings. The van der Waals surface area contributed by atoms with Gasteiger partial charge in [-0.15, -0.1) is 0 Å². The molecule has 0 spiro atoms. The quantitative estimate of drug-likeness (QED) is 0.759. The van der Waals surface area contributed by atoms with Gasteiger partial charge in [-0.05, 0) is 32.1 Å². The number of nitrogens with zero attached hydrogens (tertiary/aromatic N) is 1. The van der Waals surface area contributed by atoms with Gasteiger partial charge in [0.05, 0.1) is 10.6 Å². The van der Waals surface area contributed by atoms with Crippen LogP contribution in [0.1, 0.15) is 26.3 Å². The van der Waals surface area contributed by atoms with Crippen molar-refractivity contribution in [3.05, 3.63) is 28.8 Å². The van der Waals surface area contributed by atoms with E-state index in [4.69, 9.17) is 29.6 Å². The number of rotatable bonds is 7. The van der Waals surface area contributed by atoms with E-state index in [0.717, 1.165) is 30.9 Å². The summed E-state index contributed by atoms with van der Waals surface area (Å²) in [6.45, 7) is 9.52. The van der Waals surface area contributed by atoms with Crippen molar-refractivity contribution in [1.29, 1.82) is 0 Å². The van der Waals surface area contributed by atoms with Crippen LogP contribution in [0.2, 0.25) is 5.02 Å². The number of hydrogen-bond donors (Lipinski definition) is 2. The fourth-order valence-electron chi connectivity index (χ4n) is 2.08. The highest BCUT2D eigenvalue weighted by molar-refractivity contribution is 7.80. The number of hydrogen-bond acceptors (Lipinski definition) is 3. The van der Waals surface area contributed by atoms with Crippen LogP contribution in [-0.4, -0.2) is 35.6 Å². The van der Waals surface area contributed by atoms with E-state index in [0.29, 0.717) is 16.1 Å². The average molecular weight is 300 g/mol. The van der Waals surface area contributed by atoms with Gasteiger partial charge in [0.2, 0.25) is 0 Å². The Labute approximate surface area is 126 Å². The largest absolute Gasteiger partial charge is 0.389 e. The van der Waals surface area contributed by atoms with Gasteiger partial charge in [-0.25, -0.2) is 0 Å². The Morgan fingerprint density at radius 2 is 2.05 bits per heavy atom. The Bertz CT molecular complexity index is 433. The van der Waals surface area contributed by atoms with Gasteiger partial charge in [-0.2, -0.15) is 0 Å². The highest BCUT2D eigenvalue weighted by Crippen LogP contribution is 2.24.